The molecule has 0 spiro atoms. The van der Waals surface area contributed by atoms with Crippen molar-refractivity contribution in [2.24, 2.45) is 0 Å². The highest BCUT2D eigenvalue weighted by Gasteiger charge is 2.17. The average Bonchev–Trinajstić information content (AvgIpc) is 3.15. The van der Waals surface area contributed by atoms with Gasteiger partial charge in [-0.15, -0.1) is 0 Å². The lowest BCUT2D eigenvalue weighted by atomic mass is 9.98. The Morgan fingerprint density at radius 3 is 2.08 bits per heavy atom. The number of amides is 1. The van der Waals surface area contributed by atoms with Crippen LogP contribution in [0.15, 0.2) is 91.1 Å². The van der Waals surface area contributed by atoms with Crippen molar-refractivity contribution in [2.75, 3.05) is 0 Å². The van der Waals surface area contributed by atoms with Crippen LogP contribution in [0.4, 0.5) is 0 Å². The summed E-state index contributed by atoms with van der Waals surface area (Å²) in [5.41, 5.74) is 3.72. The van der Waals surface area contributed by atoms with Gasteiger partial charge in [0.15, 0.2) is 0 Å². The molecule has 0 unspecified atom stereocenters. The molecule has 0 saturated carbocycles. The van der Waals surface area contributed by atoms with E-state index in [0.29, 0.717) is 5.56 Å². The van der Waals surface area contributed by atoms with Crippen LogP contribution < -0.4 is 5.32 Å². The molecule has 1 amide bonds. The first-order valence-electron chi connectivity index (χ1n) is 8.29. The average molecular weight is 326 g/mol. The Labute approximate surface area is 146 Å². The second kappa shape index (κ2) is 6.65. The Balaban J connectivity index is 1.67. The zero-order valence-electron chi connectivity index (χ0n) is 13.6. The molecule has 0 aliphatic carbocycles. The van der Waals surface area contributed by atoms with Crippen LogP contribution in [0.2, 0.25) is 0 Å². The molecule has 3 nitrogen and oxygen atoms in total. The minimum absolute atomic E-state index is 0.0887. The lowest BCUT2D eigenvalue weighted by Gasteiger charge is -2.20. The van der Waals surface area contributed by atoms with Gasteiger partial charge < -0.3 is 10.3 Å². The summed E-state index contributed by atoms with van der Waals surface area (Å²) in [4.78, 5) is 16.0. The van der Waals surface area contributed by atoms with Gasteiger partial charge in [-0.3, -0.25) is 4.79 Å². The van der Waals surface area contributed by atoms with E-state index in [1.807, 2.05) is 91.1 Å². The normalized spacial score (nSPS) is 10.9. The maximum atomic E-state index is 12.8. The zero-order valence-corrected chi connectivity index (χ0v) is 13.6. The maximum absolute atomic E-state index is 12.8. The number of benzene rings is 3. The molecule has 0 saturated heterocycles. The summed E-state index contributed by atoms with van der Waals surface area (Å²) in [7, 11) is 0. The van der Waals surface area contributed by atoms with E-state index in [1.165, 1.54) is 0 Å². The van der Waals surface area contributed by atoms with Gasteiger partial charge in [-0.05, 0) is 34.7 Å². The molecular formula is C22H18N2O. The van der Waals surface area contributed by atoms with Gasteiger partial charge in [0.05, 0.1) is 6.04 Å². The fourth-order valence-corrected chi connectivity index (χ4v) is 3.05. The molecule has 122 valence electrons. The van der Waals surface area contributed by atoms with Gasteiger partial charge in [0.25, 0.3) is 5.91 Å². The van der Waals surface area contributed by atoms with E-state index in [0.717, 1.165) is 22.0 Å². The summed E-state index contributed by atoms with van der Waals surface area (Å²) >= 11 is 0. The minimum Gasteiger partial charge on any atom is -0.361 e. The van der Waals surface area contributed by atoms with Crippen LogP contribution in [0.25, 0.3) is 10.9 Å². The van der Waals surface area contributed by atoms with E-state index in [4.69, 9.17) is 0 Å². The van der Waals surface area contributed by atoms with E-state index in [2.05, 4.69) is 10.3 Å². The first kappa shape index (κ1) is 15.2. The number of carbonyl (C=O) groups is 1. The molecule has 4 rings (SSSR count). The largest absolute Gasteiger partial charge is 0.361 e. The van der Waals surface area contributed by atoms with Gasteiger partial charge in [-0.25, -0.2) is 0 Å². The van der Waals surface area contributed by atoms with Crippen LogP contribution >= 0.6 is 0 Å². The third-order valence-electron chi connectivity index (χ3n) is 4.36. The molecule has 1 heterocycles. The van der Waals surface area contributed by atoms with Crippen LogP contribution in [0.3, 0.4) is 0 Å². The Bertz CT molecular complexity index is 951. The molecule has 3 heteroatoms. The van der Waals surface area contributed by atoms with E-state index < -0.39 is 0 Å². The van der Waals surface area contributed by atoms with Crippen molar-refractivity contribution in [3.05, 3.63) is 108 Å². The maximum Gasteiger partial charge on any atom is 0.252 e. The lowest BCUT2D eigenvalue weighted by molar-refractivity contribution is 0.0943. The molecule has 0 fully saturated rings. The van der Waals surface area contributed by atoms with E-state index >= 15 is 0 Å². The molecule has 0 bridgehead atoms. The van der Waals surface area contributed by atoms with Crippen LogP contribution in [-0.2, 0) is 0 Å². The predicted octanol–water partition coefficient (Wildman–Crippen LogP) is 4.69. The molecule has 4 aromatic rings. The van der Waals surface area contributed by atoms with Crippen molar-refractivity contribution in [1.29, 1.82) is 0 Å². The second-order valence-electron chi connectivity index (χ2n) is 6.01. The smallest absolute Gasteiger partial charge is 0.252 e. The van der Waals surface area contributed by atoms with Gasteiger partial charge in [-0.2, -0.15) is 0 Å². The fourth-order valence-electron chi connectivity index (χ4n) is 3.05. The highest BCUT2D eigenvalue weighted by molar-refractivity contribution is 5.98. The highest BCUT2D eigenvalue weighted by Crippen LogP contribution is 2.23. The summed E-state index contributed by atoms with van der Waals surface area (Å²) in [6, 6.07) is 27.6. The molecule has 0 aliphatic rings. The number of carbonyl (C=O) groups excluding carboxylic acids is 1. The van der Waals surface area contributed by atoms with Crippen LogP contribution in [0.5, 0.6) is 0 Å². The van der Waals surface area contributed by atoms with E-state index in [1.54, 1.807) is 0 Å². The number of hydrogen-bond donors (Lipinski definition) is 2. The number of hydrogen-bond acceptors (Lipinski definition) is 1. The molecule has 0 aliphatic heterocycles. The summed E-state index contributed by atoms with van der Waals surface area (Å²) in [6.45, 7) is 0. The van der Waals surface area contributed by atoms with Gasteiger partial charge in [0, 0.05) is 17.3 Å². The number of fused-ring (bicyclic) bond motifs is 1. The van der Waals surface area contributed by atoms with Crippen molar-refractivity contribution in [3.8, 4) is 0 Å². The third-order valence-corrected chi connectivity index (χ3v) is 4.36. The Morgan fingerprint density at radius 1 is 0.800 bits per heavy atom. The zero-order chi connectivity index (χ0) is 17.1. The summed E-state index contributed by atoms with van der Waals surface area (Å²) in [5.74, 6) is -0.0887. The van der Waals surface area contributed by atoms with Gasteiger partial charge in [-0.1, -0.05) is 66.7 Å². The Morgan fingerprint density at radius 2 is 1.44 bits per heavy atom. The molecule has 3 aromatic carbocycles. The first-order valence-corrected chi connectivity index (χ1v) is 8.29. The van der Waals surface area contributed by atoms with E-state index in [9.17, 15) is 4.79 Å². The second-order valence-corrected chi connectivity index (χ2v) is 6.01. The first-order chi connectivity index (χ1) is 12.3. The summed E-state index contributed by atoms with van der Waals surface area (Å²) in [5, 5.41) is 4.27. The summed E-state index contributed by atoms with van der Waals surface area (Å²) in [6.07, 6.45) is 1.88. The third kappa shape index (κ3) is 3.17. The SMILES string of the molecule is O=C(NC(c1ccccc1)c1ccccc1)c1ccc2cc[nH]c2c1. The highest BCUT2D eigenvalue weighted by atomic mass is 16.1. The van der Waals surface area contributed by atoms with Crippen molar-refractivity contribution < 1.29 is 4.79 Å². The number of H-pyrrole nitrogens is 1. The number of aromatic nitrogens is 1. The topological polar surface area (TPSA) is 44.9 Å². The molecular weight excluding hydrogens is 308 g/mol. The molecule has 1 aromatic heterocycles. The van der Waals surface area contributed by atoms with Crippen molar-refractivity contribution >= 4 is 16.8 Å². The van der Waals surface area contributed by atoms with Gasteiger partial charge in [0.1, 0.15) is 0 Å². The fraction of sp³-hybridized carbons (Fsp3) is 0.0455. The molecule has 2 N–H and O–H groups in total. The molecule has 25 heavy (non-hydrogen) atoms. The van der Waals surface area contributed by atoms with E-state index in [-0.39, 0.29) is 11.9 Å². The Kier molecular flexibility index (Phi) is 4.05. The van der Waals surface area contributed by atoms with Crippen LogP contribution in [0.1, 0.15) is 27.5 Å². The van der Waals surface area contributed by atoms with Crippen LogP contribution in [-0.4, -0.2) is 10.9 Å². The predicted molar refractivity (Wildman–Crippen MR) is 100 cm³/mol. The quantitative estimate of drug-likeness (QED) is 0.561. The molecule has 0 atom stereocenters. The van der Waals surface area contributed by atoms with Crippen molar-refractivity contribution in [2.45, 2.75) is 6.04 Å². The minimum atomic E-state index is -0.186. The lowest BCUT2D eigenvalue weighted by Crippen LogP contribution is -2.29. The molecule has 0 radical (unpaired) electrons. The number of rotatable bonds is 4. The monoisotopic (exact) mass is 326 g/mol. The van der Waals surface area contributed by atoms with Gasteiger partial charge in [0.2, 0.25) is 0 Å². The van der Waals surface area contributed by atoms with Crippen LogP contribution in [0, 0.1) is 0 Å². The van der Waals surface area contributed by atoms with Gasteiger partial charge >= 0.3 is 0 Å². The van der Waals surface area contributed by atoms with Crippen molar-refractivity contribution in [3.63, 3.8) is 0 Å². The number of aromatic amines is 1. The number of nitrogens with one attached hydrogen (secondary N) is 2. The standard InChI is InChI=1S/C22H18N2O/c25-22(19-12-11-16-13-14-23-20(16)15-19)24-21(17-7-3-1-4-8-17)18-9-5-2-6-10-18/h1-15,21,23H,(H,24,25). The summed E-state index contributed by atoms with van der Waals surface area (Å²) < 4.78 is 0. The van der Waals surface area contributed by atoms with Crippen molar-refractivity contribution in [1.82, 2.24) is 10.3 Å². The Hall–Kier alpha value is -3.33.